The van der Waals surface area contributed by atoms with Gasteiger partial charge >= 0.3 is 0 Å². The van der Waals surface area contributed by atoms with Crippen molar-refractivity contribution in [3.05, 3.63) is 33.1 Å². The summed E-state index contributed by atoms with van der Waals surface area (Å²) >= 11 is 5.64. The lowest BCUT2D eigenvalue weighted by molar-refractivity contribution is 0.0749. The summed E-state index contributed by atoms with van der Waals surface area (Å²) < 4.78 is 22.1. The summed E-state index contributed by atoms with van der Waals surface area (Å²) in [4.78, 5) is 15.8. The lowest BCUT2D eigenvalue weighted by Gasteiger charge is -2.37. The number of thiophene rings is 1. The van der Waals surface area contributed by atoms with Gasteiger partial charge in [-0.25, -0.2) is 4.21 Å². The lowest BCUT2D eigenvalue weighted by atomic mass is 9.96. The van der Waals surface area contributed by atoms with Gasteiger partial charge in [-0.2, -0.15) is 9.78 Å². The average Bonchev–Trinajstić information content (AvgIpc) is 3.12. The maximum absolute atomic E-state index is 12.8. The molecule has 148 valence electrons. The first-order valence-corrected chi connectivity index (χ1v) is 11.0. The minimum Gasteiger partial charge on any atom is -0.365 e. The van der Waals surface area contributed by atoms with Crippen molar-refractivity contribution in [1.82, 2.24) is 14.7 Å². The first-order valence-electron chi connectivity index (χ1n) is 8.56. The third-order valence-electron chi connectivity index (χ3n) is 4.30. The number of halogens is 1. The van der Waals surface area contributed by atoms with Crippen molar-refractivity contribution in [2.45, 2.75) is 33.2 Å². The van der Waals surface area contributed by atoms with Crippen LogP contribution in [0.3, 0.4) is 0 Å². The van der Waals surface area contributed by atoms with Crippen molar-refractivity contribution in [2.24, 2.45) is 5.41 Å². The van der Waals surface area contributed by atoms with E-state index in [-0.39, 0.29) is 17.7 Å². The van der Waals surface area contributed by atoms with E-state index in [1.165, 1.54) is 16.0 Å². The Balaban J connectivity index is 1.77. The van der Waals surface area contributed by atoms with Crippen molar-refractivity contribution in [3.63, 3.8) is 0 Å². The highest BCUT2D eigenvalue weighted by atomic mass is 35.5. The minimum atomic E-state index is -1.83. The maximum atomic E-state index is 12.8. The van der Waals surface area contributed by atoms with Crippen LogP contribution in [0, 0.1) is 5.41 Å². The molecule has 0 radical (unpaired) electrons. The van der Waals surface area contributed by atoms with Gasteiger partial charge in [0.1, 0.15) is 11.7 Å². The number of hydrogen-bond acceptors (Lipinski definition) is 6. The van der Waals surface area contributed by atoms with Crippen molar-refractivity contribution in [3.8, 4) is 0 Å². The Bertz CT molecular complexity index is 853. The molecule has 3 rings (SSSR count). The third-order valence-corrected chi connectivity index (χ3v) is 6.12. The molecule has 1 saturated heterocycles. The number of carbonyl (C=O) groups excluding carboxylic acids is 1. The van der Waals surface area contributed by atoms with Crippen molar-refractivity contribution >= 4 is 45.7 Å². The van der Waals surface area contributed by atoms with Crippen LogP contribution in [0.5, 0.6) is 0 Å². The topological polar surface area (TPSA) is 87.5 Å². The fourth-order valence-corrected chi connectivity index (χ4v) is 4.39. The Labute approximate surface area is 170 Å². The quantitative estimate of drug-likeness (QED) is 0.682. The summed E-state index contributed by atoms with van der Waals surface area (Å²) in [5, 5.41) is 7.84. The highest BCUT2D eigenvalue weighted by Gasteiger charge is 2.33. The van der Waals surface area contributed by atoms with Crippen LogP contribution in [0.4, 0.5) is 5.82 Å². The molecule has 1 aliphatic heterocycles. The Kier molecular flexibility index (Phi) is 6.07. The van der Waals surface area contributed by atoms with E-state index in [4.69, 9.17) is 16.2 Å². The fraction of sp³-hybridized carbons (Fsp3) is 0.529. The second-order valence-corrected chi connectivity index (χ2v) is 10.4. The molecule has 0 aromatic carbocycles. The number of nitrogens with one attached hydrogen (secondary N) is 1. The van der Waals surface area contributed by atoms with Crippen LogP contribution in [0.1, 0.15) is 42.1 Å². The van der Waals surface area contributed by atoms with E-state index in [1.54, 1.807) is 0 Å². The first kappa shape index (κ1) is 20.5. The molecule has 1 aliphatic rings. The Morgan fingerprint density at radius 1 is 1.44 bits per heavy atom. The van der Waals surface area contributed by atoms with E-state index in [9.17, 15) is 9.00 Å². The van der Waals surface area contributed by atoms with E-state index in [0.717, 1.165) is 14.9 Å². The molecule has 2 aromatic heterocycles. The van der Waals surface area contributed by atoms with Crippen LogP contribution in [-0.2, 0) is 17.6 Å². The molecule has 10 heteroatoms. The van der Waals surface area contributed by atoms with Crippen LogP contribution in [-0.4, -0.2) is 48.3 Å². The predicted molar refractivity (Wildman–Crippen MR) is 109 cm³/mol. The molecular formula is C17H23ClN4O3S2. The normalized spacial score (nSPS) is 16.9. The van der Waals surface area contributed by atoms with Gasteiger partial charge < -0.3 is 9.87 Å². The molecule has 1 fully saturated rings. The van der Waals surface area contributed by atoms with Gasteiger partial charge in [0.25, 0.3) is 5.91 Å². The van der Waals surface area contributed by atoms with Crippen molar-refractivity contribution < 1.29 is 13.6 Å². The summed E-state index contributed by atoms with van der Waals surface area (Å²) in [6, 6.07) is 5.70. The Morgan fingerprint density at radius 2 is 2.15 bits per heavy atom. The maximum Gasteiger partial charge on any atom is 0.254 e. The van der Waals surface area contributed by atoms with Gasteiger partial charge in [0, 0.05) is 35.4 Å². The zero-order chi connectivity index (χ0) is 19.8. The molecule has 7 nitrogen and oxygen atoms in total. The summed E-state index contributed by atoms with van der Waals surface area (Å²) in [6.45, 7) is 7.46. The molecule has 0 aliphatic carbocycles. The number of aromatic nitrogens is 2. The second kappa shape index (κ2) is 8.00. The minimum absolute atomic E-state index is 0.0897. The molecule has 27 heavy (non-hydrogen) atoms. The van der Waals surface area contributed by atoms with Crippen molar-refractivity contribution in [1.29, 1.82) is 0 Å². The first-order chi connectivity index (χ1) is 12.6. The van der Waals surface area contributed by atoms with Gasteiger partial charge in [-0.05, 0) is 12.1 Å². The SMILES string of the molecule is CC(C)(C)C(=O)n1nc(C2CN(CS(=O)O)C2)cc1NCc1ccc(Cl)s1. The Hall–Kier alpha value is -1.26. The van der Waals surface area contributed by atoms with Crippen LogP contribution in [0.15, 0.2) is 18.2 Å². The fourth-order valence-electron chi connectivity index (χ4n) is 2.84. The van der Waals surface area contributed by atoms with Crippen LogP contribution < -0.4 is 5.32 Å². The predicted octanol–water partition coefficient (Wildman–Crippen LogP) is 3.47. The summed E-state index contributed by atoms with van der Waals surface area (Å²) in [7, 11) is 0. The van der Waals surface area contributed by atoms with Crippen LogP contribution in [0.2, 0.25) is 4.34 Å². The van der Waals surface area contributed by atoms with E-state index < -0.39 is 16.5 Å². The van der Waals surface area contributed by atoms with Gasteiger partial charge in [0.2, 0.25) is 0 Å². The second-order valence-electron chi connectivity index (χ2n) is 7.66. The standard InChI is InChI=1S/C17H23ClN4O3S2/c1-17(2,3)16(23)22-15(19-7-12-4-5-14(18)26-12)6-13(20-22)11-8-21(9-11)10-27(24)25/h4-6,11,19H,7-10H2,1-3H3,(H,24,25). The molecular weight excluding hydrogens is 408 g/mol. The molecule has 0 saturated carbocycles. The molecule has 2 N–H and O–H groups in total. The number of likely N-dealkylation sites (tertiary alicyclic amines) is 1. The number of nitrogens with zero attached hydrogens (tertiary/aromatic N) is 3. The van der Waals surface area contributed by atoms with Gasteiger partial charge in [-0.3, -0.25) is 9.69 Å². The monoisotopic (exact) mass is 430 g/mol. The van der Waals surface area contributed by atoms with Gasteiger partial charge in [0.05, 0.1) is 16.6 Å². The molecule has 1 unspecified atom stereocenters. The van der Waals surface area contributed by atoms with Gasteiger partial charge in [0.15, 0.2) is 11.1 Å². The molecule has 0 bridgehead atoms. The van der Waals surface area contributed by atoms with Gasteiger partial charge in [-0.15, -0.1) is 11.3 Å². The van der Waals surface area contributed by atoms with E-state index in [2.05, 4.69) is 10.4 Å². The number of rotatable bonds is 6. The highest BCUT2D eigenvalue weighted by Crippen LogP contribution is 2.30. The van der Waals surface area contributed by atoms with Crippen molar-refractivity contribution in [2.75, 3.05) is 24.3 Å². The molecule has 1 atom stereocenters. The number of anilines is 1. The summed E-state index contributed by atoms with van der Waals surface area (Å²) in [6.07, 6.45) is 0. The number of hydrogen-bond donors (Lipinski definition) is 2. The van der Waals surface area contributed by atoms with Gasteiger partial charge in [-0.1, -0.05) is 32.4 Å². The van der Waals surface area contributed by atoms with Crippen LogP contribution in [0.25, 0.3) is 0 Å². The largest absolute Gasteiger partial charge is 0.365 e. The smallest absolute Gasteiger partial charge is 0.254 e. The average molecular weight is 431 g/mol. The zero-order valence-corrected chi connectivity index (χ0v) is 17.8. The highest BCUT2D eigenvalue weighted by molar-refractivity contribution is 7.79. The van der Waals surface area contributed by atoms with E-state index in [1.807, 2.05) is 43.9 Å². The van der Waals surface area contributed by atoms with Crippen LogP contribution >= 0.6 is 22.9 Å². The van der Waals surface area contributed by atoms with E-state index >= 15 is 0 Å². The Morgan fingerprint density at radius 3 is 2.70 bits per heavy atom. The summed E-state index contributed by atoms with van der Waals surface area (Å²) in [5.41, 5.74) is 0.255. The number of carbonyl (C=O) groups is 1. The zero-order valence-electron chi connectivity index (χ0n) is 15.4. The molecule has 3 heterocycles. The lowest BCUT2D eigenvalue weighted by Crippen LogP contribution is -2.46. The molecule has 0 spiro atoms. The van der Waals surface area contributed by atoms with E-state index in [0.29, 0.717) is 25.5 Å². The molecule has 2 aromatic rings. The summed E-state index contributed by atoms with van der Waals surface area (Å²) in [5.74, 6) is 0.855. The third kappa shape index (κ3) is 4.97. The molecule has 0 amide bonds.